The van der Waals surface area contributed by atoms with Crippen LogP contribution in [0.25, 0.3) is 5.57 Å². The second-order valence-electron chi connectivity index (χ2n) is 5.06. The quantitative estimate of drug-likeness (QED) is 0.854. The molecule has 1 amide bonds. The topological polar surface area (TPSA) is 64.4 Å². The first-order valence-electron chi connectivity index (χ1n) is 6.73. The average Bonchev–Trinajstić information content (AvgIpc) is 2.82. The van der Waals surface area contributed by atoms with Crippen LogP contribution < -0.4 is 11.1 Å². The zero-order chi connectivity index (χ0) is 13.2. The highest BCUT2D eigenvalue weighted by Gasteiger charge is 2.25. The molecule has 0 bridgehead atoms. The highest BCUT2D eigenvalue weighted by atomic mass is 16.6. The van der Waals surface area contributed by atoms with E-state index in [9.17, 15) is 4.79 Å². The van der Waals surface area contributed by atoms with E-state index >= 15 is 0 Å². The van der Waals surface area contributed by atoms with Gasteiger partial charge in [-0.25, -0.2) is 4.79 Å². The molecule has 0 saturated carbocycles. The van der Waals surface area contributed by atoms with Crippen LogP contribution in [-0.2, 0) is 11.2 Å². The second kappa shape index (κ2) is 5.05. The van der Waals surface area contributed by atoms with Gasteiger partial charge in [0.1, 0.15) is 6.10 Å². The van der Waals surface area contributed by atoms with E-state index in [0.29, 0.717) is 0 Å². The van der Waals surface area contributed by atoms with Crippen LogP contribution in [-0.4, -0.2) is 19.2 Å². The number of nitrogens with two attached hydrogens (primary N) is 1. The molecule has 4 nitrogen and oxygen atoms in total. The molecule has 1 heterocycles. The zero-order valence-corrected chi connectivity index (χ0v) is 10.8. The van der Waals surface area contributed by atoms with Gasteiger partial charge < -0.3 is 15.8 Å². The zero-order valence-electron chi connectivity index (χ0n) is 10.8. The number of aryl methyl sites for hydroxylation is 1. The van der Waals surface area contributed by atoms with Gasteiger partial charge in [0.25, 0.3) is 0 Å². The fourth-order valence-electron chi connectivity index (χ4n) is 2.91. The van der Waals surface area contributed by atoms with Crippen molar-refractivity contribution in [1.29, 1.82) is 0 Å². The number of carbonyl (C=O) groups excluding carboxylic acids is 1. The molecule has 100 valence electrons. The molecule has 4 heteroatoms. The predicted octanol–water partition coefficient (Wildman–Crippen LogP) is 2.15. The van der Waals surface area contributed by atoms with Crippen LogP contribution in [0.3, 0.4) is 0 Å². The molecule has 19 heavy (non-hydrogen) atoms. The summed E-state index contributed by atoms with van der Waals surface area (Å²) in [5.41, 5.74) is 10.1. The van der Waals surface area contributed by atoms with Gasteiger partial charge in [-0.1, -0.05) is 18.2 Å². The first-order valence-corrected chi connectivity index (χ1v) is 6.73. The van der Waals surface area contributed by atoms with Gasteiger partial charge in [0.2, 0.25) is 0 Å². The van der Waals surface area contributed by atoms with Crippen LogP contribution in [0, 0.1) is 0 Å². The number of primary amides is 1. The third kappa shape index (κ3) is 2.49. The number of hydrogen-bond donors (Lipinski definition) is 2. The molecule has 2 aliphatic rings. The van der Waals surface area contributed by atoms with Crippen LogP contribution in [0.1, 0.15) is 35.6 Å². The van der Waals surface area contributed by atoms with E-state index in [1.165, 1.54) is 16.7 Å². The third-order valence-corrected chi connectivity index (χ3v) is 3.86. The van der Waals surface area contributed by atoms with Gasteiger partial charge in [-0.05, 0) is 54.1 Å². The molecule has 0 spiro atoms. The van der Waals surface area contributed by atoms with E-state index in [0.717, 1.165) is 37.9 Å². The molecule has 1 unspecified atom stereocenters. The highest BCUT2D eigenvalue weighted by Crippen LogP contribution is 2.36. The summed E-state index contributed by atoms with van der Waals surface area (Å²) in [5, 5.41) is 3.31. The van der Waals surface area contributed by atoms with Crippen molar-refractivity contribution in [1.82, 2.24) is 5.32 Å². The van der Waals surface area contributed by atoms with Crippen LogP contribution in [0.2, 0.25) is 0 Å². The molecular weight excluding hydrogens is 240 g/mol. The fraction of sp³-hybridized carbons (Fsp3) is 0.400. The van der Waals surface area contributed by atoms with Crippen LogP contribution in [0.15, 0.2) is 24.3 Å². The Labute approximate surface area is 112 Å². The van der Waals surface area contributed by atoms with Gasteiger partial charge in [0.05, 0.1) is 0 Å². The first-order chi connectivity index (χ1) is 9.24. The molecule has 0 radical (unpaired) electrons. The van der Waals surface area contributed by atoms with Crippen molar-refractivity contribution in [2.45, 2.75) is 25.4 Å². The number of amides is 1. The minimum atomic E-state index is -0.690. The number of benzene rings is 1. The number of nitrogens with one attached hydrogen (secondary N) is 1. The highest BCUT2D eigenvalue weighted by molar-refractivity contribution is 5.69. The largest absolute Gasteiger partial charge is 0.441 e. The van der Waals surface area contributed by atoms with Crippen molar-refractivity contribution < 1.29 is 9.53 Å². The maximum Gasteiger partial charge on any atom is 0.405 e. The molecule has 1 aliphatic heterocycles. The first kappa shape index (κ1) is 12.2. The number of hydrogen-bond acceptors (Lipinski definition) is 3. The van der Waals surface area contributed by atoms with E-state index in [2.05, 4.69) is 29.6 Å². The maximum absolute atomic E-state index is 10.9. The number of ether oxygens (including phenoxy) is 1. The molecule has 1 aromatic carbocycles. The van der Waals surface area contributed by atoms with Gasteiger partial charge in [-0.15, -0.1) is 0 Å². The van der Waals surface area contributed by atoms with Crippen LogP contribution in [0.5, 0.6) is 0 Å². The molecule has 1 aliphatic carbocycles. The van der Waals surface area contributed by atoms with Gasteiger partial charge in [-0.3, -0.25) is 0 Å². The maximum atomic E-state index is 10.9. The molecular formula is C15H18N2O2. The monoisotopic (exact) mass is 258 g/mol. The fourth-order valence-corrected chi connectivity index (χ4v) is 2.91. The minimum Gasteiger partial charge on any atom is -0.441 e. The summed E-state index contributed by atoms with van der Waals surface area (Å²) in [5.74, 6) is 0. The van der Waals surface area contributed by atoms with Crippen LogP contribution >= 0.6 is 0 Å². The predicted molar refractivity (Wildman–Crippen MR) is 73.6 cm³/mol. The van der Waals surface area contributed by atoms with Crippen molar-refractivity contribution >= 4 is 11.7 Å². The summed E-state index contributed by atoms with van der Waals surface area (Å²) in [6.07, 6.45) is 4.19. The average molecular weight is 258 g/mol. The Bertz CT molecular complexity index is 537. The lowest BCUT2D eigenvalue weighted by molar-refractivity contribution is 0.107. The summed E-state index contributed by atoms with van der Waals surface area (Å²) < 4.78 is 5.19. The molecule has 0 saturated heterocycles. The standard InChI is InChI=1S/C15H18N2O2/c16-15(18)19-14-4-3-11-1-2-12(9-13(11)14)10-5-7-17-8-6-10/h1-2,5,9,14,17H,3-4,6-8H2,(H2,16,18). The van der Waals surface area contributed by atoms with Gasteiger partial charge in [0.15, 0.2) is 0 Å². The van der Waals surface area contributed by atoms with E-state index in [1.807, 2.05) is 0 Å². The normalized spacial score (nSPS) is 21.7. The van der Waals surface area contributed by atoms with E-state index < -0.39 is 6.09 Å². The minimum absolute atomic E-state index is 0.172. The Balaban J connectivity index is 1.90. The summed E-state index contributed by atoms with van der Waals surface area (Å²) >= 11 is 0. The Hall–Kier alpha value is -1.81. The lowest BCUT2D eigenvalue weighted by Gasteiger charge is -2.17. The van der Waals surface area contributed by atoms with Crippen LogP contribution in [0.4, 0.5) is 4.79 Å². The number of rotatable bonds is 2. The van der Waals surface area contributed by atoms with E-state index in [4.69, 9.17) is 10.5 Å². The Morgan fingerprint density at radius 1 is 1.37 bits per heavy atom. The molecule has 0 aromatic heterocycles. The molecule has 0 fully saturated rings. The lowest BCUT2D eigenvalue weighted by atomic mass is 9.96. The summed E-state index contributed by atoms with van der Waals surface area (Å²) in [7, 11) is 0. The molecule has 1 aromatic rings. The summed E-state index contributed by atoms with van der Waals surface area (Å²) in [4.78, 5) is 10.9. The van der Waals surface area contributed by atoms with Crippen molar-refractivity contribution in [3.05, 3.63) is 41.0 Å². The smallest absolute Gasteiger partial charge is 0.405 e. The second-order valence-corrected chi connectivity index (χ2v) is 5.06. The SMILES string of the molecule is NC(=O)OC1CCc2ccc(C3=CCNCC3)cc21. The van der Waals surface area contributed by atoms with E-state index in [1.54, 1.807) is 0 Å². The summed E-state index contributed by atoms with van der Waals surface area (Å²) in [6, 6.07) is 6.48. The van der Waals surface area contributed by atoms with Crippen molar-refractivity contribution in [3.63, 3.8) is 0 Å². The number of carbonyl (C=O) groups is 1. The van der Waals surface area contributed by atoms with Gasteiger partial charge in [0, 0.05) is 6.54 Å². The summed E-state index contributed by atoms with van der Waals surface area (Å²) in [6.45, 7) is 1.94. The van der Waals surface area contributed by atoms with Crippen molar-refractivity contribution in [2.75, 3.05) is 13.1 Å². The van der Waals surface area contributed by atoms with Crippen molar-refractivity contribution in [3.8, 4) is 0 Å². The third-order valence-electron chi connectivity index (χ3n) is 3.86. The van der Waals surface area contributed by atoms with Crippen molar-refractivity contribution in [2.24, 2.45) is 5.73 Å². The van der Waals surface area contributed by atoms with Gasteiger partial charge >= 0.3 is 6.09 Å². The molecule has 3 rings (SSSR count). The molecule has 3 N–H and O–H groups in total. The van der Waals surface area contributed by atoms with E-state index in [-0.39, 0.29) is 6.10 Å². The lowest BCUT2D eigenvalue weighted by Crippen LogP contribution is -2.20. The Kier molecular flexibility index (Phi) is 3.25. The Morgan fingerprint density at radius 2 is 2.26 bits per heavy atom. The molecule has 1 atom stereocenters. The number of fused-ring (bicyclic) bond motifs is 1. The Morgan fingerprint density at radius 3 is 3.00 bits per heavy atom. The van der Waals surface area contributed by atoms with Gasteiger partial charge in [-0.2, -0.15) is 0 Å².